The average Bonchev–Trinajstić information content (AvgIpc) is 2.54. The fraction of sp³-hybridized carbons (Fsp3) is 0.667. The molecule has 8 heteroatoms. The van der Waals surface area contributed by atoms with E-state index in [2.05, 4.69) is 10.3 Å². The lowest BCUT2D eigenvalue weighted by Gasteiger charge is -2.30. The number of nitrogens with one attached hydrogen (secondary N) is 1. The van der Waals surface area contributed by atoms with Gasteiger partial charge >= 0.3 is 11.8 Å². The van der Waals surface area contributed by atoms with Gasteiger partial charge in [-0.3, -0.25) is 9.36 Å². The molecule has 2 N–H and O–H groups in total. The second-order valence-electron chi connectivity index (χ2n) is 5.81. The molecule has 20 heavy (non-hydrogen) atoms. The van der Waals surface area contributed by atoms with Gasteiger partial charge in [0.15, 0.2) is 0 Å². The van der Waals surface area contributed by atoms with Crippen molar-refractivity contribution in [1.29, 1.82) is 0 Å². The predicted octanol–water partition coefficient (Wildman–Crippen LogP) is 1.94. The van der Waals surface area contributed by atoms with Crippen molar-refractivity contribution in [3.63, 3.8) is 0 Å². The van der Waals surface area contributed by atoms with Crippen LogP contribution in [0, 0.1) is 22.5 Å². The van der Waals surface area contributed by atoms with Crippen LogP contribution >= 0.6 is 0 Å². The zero-order valence-corrected chi connectivity index (χ0v) is 12.3. The van der Waals surface area contributed by atoms with Gasteiger partial charge in [-0.05, 0) is 15.3 Å². The fourth-order valence-electron chi connectivity index (χ4n) is 1.80. The summed E-state index contributed by atoms with van der Waals surface area (Å²) in [5.41, 5.74) is -0.371. The second-order valence-corrected chi connectivity index (χ2v) is 5.81. The lowest BCUT2D eigenvalue weighted by Crippen LogP contribution is -2.36. The van der Waals surface area contributed by atoms with Crippen LogP contribution in [0.4, 0.5) is 11.6 Å². The summed E-state index contributed by atoms with van der Waals surface area (Å²) < 4.78 is 1.55. The Morgan fingerprint density at radius 1 is 1.55 bits per heavy atom. The van der Waals surface area contributed by atoms with Crippen molar-refractivity contribution < 1.29 is 14.8 Å². The molecule has 1 heterocycles. The first-order valence-electron chi connectivity index (χ1n) is 6.20. The van der Waals surface area contributed by atoms with Crippen molar-refractivity contribution in [3.05, 3.63) is 15.9 Å². The molecule has 1 aromatic rings. The molecular formula is C12H20N4O4. The quantitative estimate of drug-likeness (QED) is 0.631. The number of imidazole rings is 1. The number of anilines is 1. The third-order valence-corrected chi connectivity index (χ3v) is 3.21. The van der Waals surface area contributed by atoms with E-state index in [-0.39, 0.29) is 23.5 Å². The molecule has 8 nitrogen and oxygen atoms in total. The molecule has 1 unspecified atom stereocenters. The number of aliphatic carboxylic acids is 1. The Labute approximate surface area is 117 Å². The Hall–Kier alpha value is -2.12. The summed E-state index contributed by atoms with van der Waals surface area (Å²) in [7, 11) is 1.65. The molecule has 0 amide bonds. The van der Waals surface area contributed by atoms with Crippen molar-refractivity contribution in [2.24, 2.45) is 12.5 Å². The molecule has 1 atom stereocenters. The van der Waals surface area contributed by atoms with Crippen LogP contribution in [0.5, 0.6) is 0 Å². The number of nitrogens with zero attached hydrogens (tertiary/aromatic N) is 3. The Balaban J connectivity index is 3.17. The third kappa shape index (κ3) is 3.46. The number of aryl methyl sites for hydroxylation is 1. The van der Waals surface area contributed by atoms with Gasteiger partial charge in [-0.1, -0.05) is 20.8 Å². The summed E-state index contributed by atoms with van der Waals surface area (Å²) in [6.07, 6.45) is -0.134. The van der Waals surface area contributed by atoms with Crippen molar-refractivity contribution >= 4 is 17.6 Å². The Morgan fingerprint density at radius 2 is 2.10 bits per heavy atom. The fourth-order valence-corrected chi connectivity index (χ4v) is 1.80. The highest BCUT2D eigenvalue weighted by atomic mass is 16.6. The van der Waals surface area contributed by atoms with E-state index >= 15 is 0 Å². The van der Waals surface area contributed by atoms with Crippen LogP contribution in [0.25, 0.3) is 0 Å². The normalized spacial score (nSPS) is 13.1. The van der Waals surface area contributed by atoms with E-state index in [0.717, 1.165) is 0 Å². The maximum atomic E-state index is 11.0. The lowest BCUT2D eigenvalue weighted by molar-refractivity contribution is -0.388. The smallest absolute Gasteiger partial charge is 0.406 e. The number of hydrogen-bond acceptors (Lipinski definition) is 5. The van der Waals surface area contributed by atoms with E-state index < -0.39 is 16.9 Å². The lowest BCUT2D eigenvalue weighted by atomic mass is 9.85. The van der Waals surface area contributed by atoms with Crippen molar-refractivity contribution in [2.45, 2.75) is 40.2 Å². The van der Waals surface area contributed by atoms with E-state index in [4.69, 9.17) is 5.11 Å². The molecule has 0 spiro atoms. The predicted molar refractivity (Wildman–Crippen MR) is 73.7 cm³/mol. The minimum Gasteiger partial charge on any atom is -0.481 e. The number of hydrogen-bond donors (Lipinski definition) is 2. The maximum Gasteiger partial charge on any atom is 0.406 e. The monoisotopic (exact) mass is 284 g/mol. The highest BCUT2D eigenvalue weighted by Gasteiger charge is 2.32. The summed E-state index contributed by atoms with van der Waals surface area (Å²) >= 11 is 0. The summed E-state index contributed by atoms with van der Waals surface area (Å²) in [6.45, 7) is 7.29. The van der Waals surface area contributed by atoms with E-state index in [0.29, 0.717) is 5.82 Å². The van der Waals surface area contributed by atoms with Crippen LogP contribution < -0.4 is 5.32 Å². The van der Waals surface area contributed by atoms with Gasteiger partial charge in [0.25, 0.3) is 0 Å². The number of carbonyl (C=O) groups is 1. The summed E-state index contributed by atoms with van der Waals surface area (Å²) in [5, 5.41) is 23.0. The minimum atomic E-state index is -0.959. The molecule has 0 aromatic carbocycles. The highest BCUT2D eigenvalue weighted by molar-refractivity contribution is 5.69. The van der Waals surface area contributed by atoms with Gasteiger partial charge in [-0.15, -0.1) is 0 Å². The van der Waals surface area contributed by atoms with Crippen molar-refractivity contribution in [3.8, 4) is 0 Å². The molecule has 112 valence electrons. The van der Waals surface area contributed by atoms with Gasteiger partial charge in [0.05, 0.1) is 6.42 Å². The first-order chi connectivity index (χ1) is 9.04. The molecule has 0 aliphatic carbocycles. The van der Waals surface area contributed by atoms with Gasteiger partial charge in [0.2, 0.25) is 11.6 Å². The molecule has 0 radical (unpaired) electrons. The molecule has 0 fully saturated rings. The standard InChI is InChI=1S/C12H20N4O4/c1-7-13-11(16(19)20)10(15(7)5)14-8(6-9(17)18)12(2,3)4/h8,14H,6H2,1-5H3,(H,17,18). The number of rotatable bonds is 5. The van der Waals surface area contributed by atoms with Crippen LogP contribution in [0.2, 0.25) is 0 Å². The van der Waals surface area contributed by atoms with Crippen molar-refractivity contribution in [1.82, 2.24) is 9.55 Å². The van der Waals surface area contributed by atoms with Crippen molar-refractivity contribution in [2.75, 3.05) is 5.32 Å². The molecule has 0 aliphatic rings. The Bertz CT molecular complexity index is 530. The number of carboxylic acids is 1. The van der Waals surface area contributed by atoms with Crippen LogP contribution in [-0.2, 0) is 11.8 Å². The SMILES string of the molecule is Cc1nc([N+](=O)[O-])c(NC(CC(=O)O)C(C)(C)C)n1C. The number of nitro groups is 1. The first-order valence-corrected chi connectivity index (χ1v) is 6.20. The summed E-state index contributed by atoms with van der Waals surface area (Å²) in [5.74, 6) is -0.528. The zero-order chi connectivity index (χ0) is 15.7. The molecule has 1 aromatic heterocycles. The topological polar surface area (TPSA) is 110 Å². The van der Waals surface area contributed by atoms with Gasteiger partial charge < -0.3 is 20.5 Å². The van der Waals surface area contributed by atoms with Gasteiger partial charge in [-0.2, -0.15) is 0 Å². The third-order valence-electron chi connectivity index (χ3n) is 3.21. The van der Waals surface area contributed by atoms with E-state index in [9.17, 15) is 14.9 Å². The average molecular weight is 284 g/mol. The van der Waals surface area contributed by atoms with Gasteiger partial charge in [0, 0.05) is 20.0 Å². The minimum absolute atomic E-state index is 0.134. The second kappa shape index (κ2) is 5.48. The van der Waals surface area contributed by atoms with Crippen LogP contribution in [0.3, 0.4) is 0 Å². The molecule has 0 bridgehead atoms. The molecule has 1 rings (SSSR count). The summed E-state index contributed by atoms with van der Waals surface area (Å²) in [6, 6.07) is -0.450. The molecule has 0 saturated carbocycles. The summed E-state index contributed by atoms with van der Waals surface area (Å²) in [4.78, 5) is 25.3. The number of carboxylic acid groups (broad SMARTS) is 1. The molecule has 0 aliphatic heterocycles. The van der Waals surface area contributed by atoms with Crippen LogP contribution in [-0.4, -0.2) is 31.6 Å². The zero-order valence-electron chi connectivity index (χ0n) is 12.3. The highest BCUT2D eigenvalue weighted by Crippen LogP contribution is 2.30. The van der Waals surface area contributed by atoms with E-state index in [1.165, 1.54) is 0 Å². The van der Waals surface area contributed by atoms with Gasteiger partial charge in [-0.25, -0.2) is 0 Å². The van der Waals surface area contributed by atoms with Crippen LogP contribution in [0.15, 0.2) is 0 Å². The van der Waals surface area contributed by atoms with Gasteiger partial charge in [0.1, 0.15) is 0 Å². The van der Waals surface area contributed by atoms with Crippen LogP contribution in [0.1, 0.15) is 33.0 Å². The largest absolute Gasteiger partial charge is 0.481 e. The first kappa shape index (κ1) is 15.9. The van der Waals surface area contributed by atoms with E-state index in [1.54, 1.807) is 18.5 Å². The van der Waals surface area contributed by atoms with E-state index in [1.807, 2.05) is 20.8 Å². The number of aromatic nitrogens is 2. The Morgan fingerprint density at radius 3 is 2.50 bits per heavy atom. The maximum absolute atomic E-state index is 11.0. The molecular weight excluding hydrogens is 264 g/mol. The molecule has 0 saturated heterocycles. The Kier molecular flexibility index (Phi) is 4.36.